The zero-order chi connectivity index (χ0) is 13.4. The molecule has 1 unspecified atom stereocenters. The van der Waals surface area contributed by atoms with E-state index in [1.165, 1.54) is 17.7 Å². The molecule has 96 valence electrons. The van der Waals surface area contributed by atoms with E-state index in [9.17, 15) is 13.9 Å². The van der Waals surface area contributed by atoms with Crippen LogP contribution < -0.4 is 0 Å². The lowest BCUT2D eigenvalue weighted by Gasteiger charge is -2.14. The maximum absolute atomic E-state index is 13.9. The van der Waals surface area contributed by atoms with Gasteiger partial charge in [0.15, 0.2) is 0 Å². The number of halogens is 2. The molecule has 0 bridgehead atoms. The predicted octanol–water partition coefficient (Wildman–Crippen LogP) is 2.40. The standard InChI is InChI=1S/C13H14F2N2O/c1-7-4-5-9(14)11(12(7)15)13(18)10-6-8(2)16-17(10)3/h4-6,13,18H,1-3H3. The first-order chi connectivity index (χ1) is 8.41. The third-order valence-electron chi connectivity index (χ3n) is 2.91. The van der Waals surface area contributed by atoms with Crippen LogP contribution in [0.25, 0.3) is 0 Å². The first-order valence-corrected chi connectivity index (χ1v) is 5.55. The summed E-state index contributed by atoms with van der Waals surface area (Å²) in [5.41, 5.74) is 0.998. The fourth-order valence-electron chi connectivity index (χ4n) is 1.96. The highest BCUT2D eigenvalue weighted by molar-refractivity contribution is 5.33. The number of hydrogen-bond donors (Lipinski definition) is 1. The molecule has 5 heteroatoms. The normalized spacial score (nSPS) is 12.8. The monoisotopic (exact) mass is 252 g/mol. The molecule has 0 saturated heterocycles. The molecule has 1 N–H and O–H groups in total. The Morgan fingerprint density at radius 2 is 1.94 bits per heavy atom. The first-order valence-electron chi connectivity index (χ1n) is 5.55. The molecule has 3 nitrogen and oxygen atoms in total. The van der Waals surface area contributed by atoms with E-state index in [1.807, 2.05) is 0 Å². The van der Waals surface area contributed by atoms with Crippen LogP contribution in [0.4, 0.5) is 8.78 Å². The van der Waals surface area contributed by atoms with Crippen molar-refractivity contribution in [3.8, 4) is 0 Å². The molecule has 18 heavy (non-hydrogen) atoms. The second-order valence-corrected chi connectivity index (χ2v) is 4.33. The molecule has 0 amide bonds. The SMILES string of the molecule is Cc1cc(C(O)c2c(F)ccc(C)c2F)n(C)n1. The molecule has 2 rings (SSSR count). The van der Waals surface area contributed by atoms with Crippen LogP contribution in [0.15, 0.2) is 18.2 Å². The summed E-state index contributed by atoms with van der Waals surface area (Å²) in [5.74, 6) is -1.48. The molecule has 0 aliphatic heterocycles. The summed E-state index contributed by atoms with van der Waals surface area (Å²) in [6.45, 7) is 3.28. The van der Waals surface area contributed by atoms with Gasteiger partial charge in [0.1, 0.15) is 17.7 Å². The Morgan fingerprint density at radius 1 is 1.28 bits per heavy atom. The van der Waals surface area contributed by atoms with Crippen molar-refractivity contribution in [3.63, 3.8) is 0 Å². The molecule has 0 spiro atoms. The van der Waals surface area contributed by atoms with Crippen molar-refractivity contribution in [2.75, 3.05) is 0 Å². The number of nitrogens with zero attached hydrogens (tertiary/aromatic N) is 2. The van der Waals surface area contributed by atoms with Gasteiger partial charge < -0.3 is 5.11 Å². The Labute approximate surface area is 104 Å². The average molecular weight is 252 g/mol. The van der Waals surface area contributed by atoms with Crippen molar-refractivity contribution in [1.29, 1.82) is 0 Å². The van der Waals surface area contributed by atoms with Crippen LogP contribution in [0.1, 0.15) is 28.6 Å². The van der Waals surface area contributed by atoms with Gasteiger partial charge in [-0.2, -0.15) is 5.10 Å². The van der Waals surface area contributed by atoms with E-state index in [1.54, 1.807) is 20.0 Å². The molecule has 0 fully saturated rings. The quantitative estimate of drug-likeness (QED) is 0.891. The summed E-state index contributed by atoms with van der Waals surface area (Å²) < 4.78 is 29.0. The average Bonchev–Trinajstić information content (AvgIpc) is 2.63. The van der Waals surface area contributed by atoms with E-state index in [2.05, 4.69) is 5.10 Å². The Bertz CT molecular complexity index is 593. The fraction of sp³-hybridized carbons (Fsp3) is 0.308. The van der Waals surface area contributed by atoms with Crippen LogP contribution >= 0.6 is 0 Å². The maximum atomic E-state index is 13.9. The maximum Gasteiger partial charge on any atom is 0.135 e. The molecular weight excluding hydrogens is 238 g/mol. The van der Waals surface area contributed by atoms with E-state index in [0.717, 1.165) is 6.07 Å². The number of hydrogen-bond acceptors (Lipinski definition) is 2. The second kappa shape index (κ2) is 4.49. The van der Waals surface area contributed by atoms with Crippen molar-refractivity contribution in [2.24, 2.45) is 7.05 Å². The van der Waals surface area contributed by atoms with Crippen molar-refractivity contribution in [1.82, 2.24) is 9.78 Å². The van der Waals surface area contributed by atoms with E-state index in [-0.39, 0.29) is 5.56 Å². The van der Waals surface area contributed by atoms with Gasteiger partial charge >= 0.3 is 0 Å². The minimum atomic E-state index is -1.36. The summed E-state index contributed by atoms with van der Waals surface area (Å²) in [6.07, 6.45) is -1.36. The predicted molar refractivity (Wildman–Crippen MR) is 63.1 cm³/mol. The van der Waals surface area contributed by atoms with Crippen LogP contribution in [-0.2, 0) is 7.05 Å². The highest BCUT2D eigenvalue weighted by atomic mass is 19.1. The van der Waals surface area contributed by atoms with Crippen molar-refractivity contribution in [2.45, 2.75) is 20.0 Å². The fourth-order valence-corrected chi connectivity index (χ4v) is 1.96. The number of aryl methyl sites for hydroxylation is 3. The van der Waals surface area contributed by atoms with E-state index in [4.69, 9.17) is 0 Å². The summed E-state index contributed by atoms with van der Waals surface area (Å²) >= 11 is 0. The summed E-state index contributed by atoms with van der Waals surface area (Å²) in [6, 6.07) is 4.10. The van der Waals surface area contributed by atoms with Crippen LogP contribution in [0.3, 0.4) is 0 Å². The van der Waals surface area contributed by atoms with Gasteiger partial charge in [-0.15, -0.1) is 0 Å². The minimum absolute atomic E-state index is 0.296. The molecule has 1 heterocycles. The lowest BCUT2D eigenvalue weighted by atomic mass is 10.0. The number of aromatic nitrogens is 2. The van der Waals surface area contributed by atoms with Gasteiger partial charge in [0, 0.05) is 7.05 Å². The van der Waals surface area contributed by atoms with Crippen LogP contribution in [0, 0.1) is 25.5 Å². The lowest BCUT2D eigenvalue weighted by Crippen LogP contribution is -2.11. The summed E-state index contributed by atoms with van der Waals surface area (Å²) in [5, 5.41) is 14.2. The molecule has 2 aromatic rings. The first kappa shape index (κ1) is 12.7. The van der Waals surface area contributed by atoms with Crippen molar-refractivity contribution in [3.05, 3.63) is 52.3 Å². The van der Waals surface area contributed by atoms with Gasteiger partial charge in [-0.05, 0) is 31.5 Å². The Hall–Kier alpha value is -1.75. The zero-order valence-corrected chi connectivity index (χ0v) is 10.4. The summed E-state index contributed by atoms with van der Waals surface area (Å²) in [7, 11) is 1.62. The minimum Gasteiger partial charge on any atom is -0.382 e. The molecule has 1 aromatic carbocycles. The van der Waals surface area contributed by atoms with Gasteiger partial charge in [0.2, 0.25) is 0 Å². The van der Waals surface area contributed by atoms with Gasteiger partial charge in [-0.3, -0.25) is 4.68 Å². The largest absolute Gasteiger partial charge is 0.382 e. The molecule has 0 radical (unpaired) electrons. The highest BCUT2D eigenvalue weighted by Crippen LogP contribution is 2.28. The van der Waals surface area contributed by atoms with Crippen LogP contribution in [0.2, 0.25) is 0 Å². The van der Waals surface area contributed by atoms with Crippen LogP contribution in [-0.4, -0.2) is 14.9 Å². The van der Waals surface area contributed by atoms with Crippen molar-refractivity contribution >= 4 is 0 Å². The van der Waals surface area contributed by atoms with E-state index in [0.29, 0.717) is 17.0 Å². The molecule has 0 saturated carbocycles. The van der Waals surface area contributed by atoms with E-state index < -0.39 is 17.7 Å². The van der Waals surface area contributed by atoms with Gasteiger partial charge in [-0.25, -0.2) is 8.78 Å². The summed E-state index contributed by atoms with van der Waals surface area (Å²) in [4.78, 5) is 0. The van der Waals surface area contributed by atoms with Gasteiger partial charge in [-0.1, -0.05) is 6.07 Å². The molecule has 1 aromatic heterocycles. The number of aliphatic hydroxyl groups is 1. The third-order valence-corrected chi connectivity index (χ3v) is 2.91. The Morgan fingerprint density at radius 3 is 2.50 bits per heavy atom. The molecule has 0 aliphatic rings. The molecule has 1 atom stereocenters. The smallest absolute Gasteiger partial charge is 0.135 e. The lowest BCUT2D eigenvalue weighted by molar-refractivity contribution is 0.198. The van der Waals surface area contributed by atoms with Crippen molar-refractivity contribution < 1.29 is 13.9 Å². The topological polar surface area (TPSA) is 38.0 Å². The highest BCUT2D eigenvalue weighted by Gasteiger charge is 2.23. The second-order valence-electron chi connectivity index (χ2n) is 4.33. The number of benzene rings is 1. The molecular formula is C13H14F2N2O. The zero-order valence-electron chi connectivity index (χ0n) is 10.4. The number of aliphatic hydroxyl groups excluding tert-OH is 1. The van der Waals surface area contributed by atoms with Gasteiger partial charge in [0.05, 0.1) is 17.0 Å². The molecule has 0 aliphatic carbocycles. The van der Waals surface area contributed by atoms with Gasteiger partial charge in [0.25, 0.3) is 0 Å². The Balaban J connectivity index is 2.56. The van der Waals surface area contributed by atoms with E-state index >= 15 is 0 Å². The number of rotatable bonds is 2. The Kier molecular flexibility index (Phi) is 3.17. The van der Waals surface area contributed by atoms with Crippen LogP contribution in [0.5, 0.6) is 0 Å². The third kappa shape index (κ3) is 2.01.